The van der Waals surface area contributed by atoms with Crippen LogP contribution in [0, 0.1) is 5.82 Å². The minimum Gasteiger partial charge on any atom is -0.444 e. The Morgan fingerprint density at radius 3 is 2.22 bits per heavy atom. The van der Waals surface area contributed by atoms with Gasteiger partial charge >= 0.3 is 6.09 Å². The Morgan fingerprint density at radius 1 is 0.969 bits per heavy atom. The Bertz CT molecular complexity index is 1060. The minimum atomic E-state index is -1.03. The van der Waals surface area contributed by atoms with E-state index in [9.17, 15) is 14.0 Å². The van der Waals surface area contributed by atoms with Crippen LogP contribution in [0.4, 0.5) is 14.9 Å². The van der Waals surface area contributed by atoms with Crippen LogP contribution in [-0.4, -0.2) is 28.6 Å². The van der Waals surface area contributed by atoms with Crippen molar-refractivity contribution in [3.8, 4) is 11.1 Å². The number of alkyl carbamates (subject to hydrolysis) is 1. The van der Waals surface area contributed by atoms with E-state index in [2.05, 4.69) is 15.6 Å². The van der Waals surface area contributed by atoms with Crippen molar-refractivity contribution < 1.29 is 18.7 Å². The molecule has 0 bridgehead atoms. The Labute approximate surface area is 186 Å². The smallest absolute Gasteiger partial charge is 0.408 e. The zero-order valence-electron chi connectivity index (χ0n) is 18.3. The summed E-state index contributed by atoms with van der Waals surface area (Å²) in [6.07, 6.45) is 2.65. The van der Waals surface area contributed by atoms with E-state index in [1.807, 2.05) is 24.3 Å². The van der Waals surface area contributed by atoms with Gasteiger partial charge in [0.1, 0.15) is 17.5 Å². The lowest BCUT2D eigenvalue weighted by Crippen LogP contribution is -2.47. The van der Waals surface area contributed by atoms with Gasteiger partial charge in [0.15, 0.2) is 0 Å². The van der Waals surface area contributed by atoms with Crippen molar-refractivity contribution in [3.63, 3.8) is 0 Å². The fourth-order valence-electron chi connectivity index (χ4n) is 3.06. The summed E-state index contributed by atoms with van der Waals surface area (Å²) in [6.45, 7) is 5.18. The molecule has 0 radical (unpaired) electrons. The third kappa shape index (κ3) is 6.63. The number of hydrogen-bond acceptors (Lipinski definition) is 4. The van der Waals surface area contributed by atoms with Gasteiger partial charge in [-0.1, -0.05) is 30.3 Å². The number of carbonyl (C=O) groups is 2. The highest BCUT2D eigenvalue weighted by atomic mass is 19.1. The summed E-state index contributed by atoms with van der Waals surface area (Å²) in [5.41, 5.74) is 2.11. The topological polar surface area (TPSA) is 80.3 Å². The Hall–Kier alpha value is -3.74. The molecule has 1 atom stereocenters. The largest absolute Gasteiger partial charge is 0.444 e. The van der Waals surface area contributed by atoms with Gasteiger partial charge in [-0.3, -0.25) is 9.78 Å². The van der Waals surface area contributed by atoms with E-state index in [0.29, 0.717) is 11.3 Å². The summed E-state index contributed by atoms with van der Waals surface area (Å²) in [4.78, 5) is 29.3. The van der Waals surface area contributed by atoms with Crippen LogP contribution in [0.5, 0.6) is 0 Å². The molecule has 2 N–H and O–H groups in total. The lowest BCUT2D eigenvalue weighted by molar-refractivity contribution is -0.118. The summed E-state index contributed by atoms with van der Waals surface area (Å²) < 4.78 is 19.4. The Kier molecular flexibility index (Phi) is 7.20. The molecule has 0 aliphatic heterocycles. The van der Waals surface area contributed by atoms with Gasteiger partial charge < -0.3 is 15.4 Å². The van der Waals surface area contributed by atoms with Crippen LogP contribution in [0.3, 0.4) is 0 Å². The number of carbonyl (C=O) groups excluding carboxylic acids is 2. The van der Waals surface area contributed by atoms with Crippen LogP contribution in [0.1, 0.15) is 26.3 Å². The number of rotatable bonds is 6. The maximum Gasteiger partial charge on any atom is 0.408 e. The van der Waals surface area contributed by atoms with Crippen LogP contribution < -0.4 is 10.6 Å². The Balaban J connectivity index is 1.75. The SMILES string of the molecule is CC(C)(C)OC(=O)N[C@H](Cc1ccccc1F)C(=O)Nc1ccc(-c2ccncc2)cc1. The van der Waals surface area contributed by atoms with Gasteiger partial charge in [-0.2, -0.15) is 0 Å². The van der Waals surface area contributed by atoms with Crippen LogP contribution in [0.15, 0.2) is 73.1 Å². The standard InChI is InChI=1S/C25H26FN3O3/c1-25(2,3)32-24(31)29-22(16-19-6-4-5-7-21(19)26)23(30)28-20-10-8-17(9-11-20)18-12-14-27-15-13-18/h4-15,22H,16H2,1-3H3,(H,28,30)(H,29,31)/t22-/m1/s1. The number of nitrogens with one attached hydrogen (secondary N) is 2. The van der Waals surface area contributed by atoms with Gasteiger partial charge in [0, 0.05) is 24.5 Å². The molecule has 0 aliphatic carbocycles. The quantitative estimate of drug-likeness (QED) is 0.573. The van der Waals surface area contributed by atoms with Gasteiger partial charge in [0.25, 0.3) is 0 Å². The average Bonchev–Trinajstić information content (AvgIpc) is 2.74. The molecule has 3 rings (SSSR count). The predicted molar refractivity (Wildman–Crippen MR) is 122 cm³/mol. The molecule has 0 aliphatic rings. The molecule has 32 heavy (non-hydrogen) atoms. The zero-order valence-corrected chi connectivity index (χ0v) is 18.3. The van der Waals surface area contributed by atoms with Gasteiger partial charge in [-0.25, -0.2) is 9.18 Å². The summed E-state index contributed by atoms with van der Waals surface area (Å²) in [7, 11) is 0. The molecule has 7 heteroatoms. The van der Waals surface area contributed by atoms with Crippen molar-refractivity contribution in [2.45, 2.75) is 38.8 Å². The van der Waals surface area contributed by atoms with Crippen LogP contribution in [0.2, 0.25) is 0 Å². The number of aromatic nitrogens is 1. The second-order valence-electron chi connectivity index (χ2n) is 8.30. The highest BCUT2D eigenvalue weighted by Gasteiger charge is 2.25. The maximum absolute atomic E-state index is 14.2. The van der Waals surface area contributed by atoms with E-state index >= 15 is 0 Å². The van der Waals surface area contributed by atoms with Crippen molar-refractivity contribution in [2.75, 3.05) is 5.32 Å². The molecule has 0 fully saturated rings. The molecule has 166 valence electrons. The third-order valence-corrected chi connectivity index (χ3v) is 4.56. The van der Waals surface area contributed by atoms with Crippen LogP contribution >= 0.6 is 0 Å². The first-order valence-corrected chi connectivity index (χ1v) is 10.3. The van der Waals surface area contributed by atoms with E-state index in [4.69, 9.17) is 4.74 Å². The molecule has 0 spiro atoms. The minimum absolute atomic E-state index is 0.0210. The molecule has 1 aromatic heterocycles. The van der Waals surface area contributed by atoms with Gasteiger partial charge in [0.2, 0.25) is 5.91 Å². The summed E-state index contributed by atoms with van der Waals surface area (Å²) >= 11 is 0. The van der Waals surface area contributed by atoms with E-state index < -0.39 is 29.5 Å². The fraction of sp³-hybridized carbons (Fsp3) is 0.240. The first kappa shape index (κ1) is 22.9. The van der Waals surface area contributed by atoms with Crippen LogP contribution in [0.25, 0.3) is 11.1 Å². The monoisotopic (exact) mass is 435 g/mol. The molecule has 2 aromatic carbocycles. The summed E-state index contributed by atoms with van der Waals surface area (Å²) in [5, 5.41) is 5.34. The zero-order chi connectivity index (χ0) is 23.1. The second kappa shape index (κ2) is 10.0. The van der Waals surface area contributed by atoms with Crippen molar-refractivity contribution >= 4 is 17.7 Å². The van der Waals surface area contributed by atoms with Crippen molar-refractivity contribution in [1.29, 1.82) is 0 Å². The maximum atomic E-state index is 14.2. The number of anilines is 1. The number of hydrogen-bond donors (Lipinski definition) is 2. The normalized spacial score (nSPS) is 12.0. The van der Waals surface area contributed by atoms with Gasteiger partial charge in [-0.15, -0.1) is 0 Å². The lowest BCUT2D eigenvalue weighted by atomic mass is 10.0. The molecule has 0 saturated heterocycles. The molecular weight excluding hydrogens is 409 g/mol. The van der Waals surface area contributed by atoms with Crippen molar-refractivity contribution in [3.05, 3.63) is 84.4 Å². The molecule has 2 amide bonds. The number of pyridine rings is 1. The molecular formula is C25H26FN3O3. The summed E-state index contributed by atoms with van der Waals surface area (Å²) in [5.74, 6) is -0.922. The molecule has 3 aromatic rings. The highest BCUT2D eigenvalue weighted by Crippen LogP contribution is 2.21. The van der Waals surface area contributed by atoms with E-state index in [1.165, 1.54) is 6.07 Å². The summed E-state index contributed by atoms with van der Waals surface area (Å²) in [6, 6.07) is 16.2. The predicted octanol–water partition coefficient (Wildman–Crippen LogP) is 4.96. The average molecular weight is 435 g/mol. The first-order chi connectivity index (χ1) is 15.2. The van der Waals surface area contributed by atoms with E-state index in [0.717, 1.165) is 11.1 Å². The third-order valence-electron chi connectivity index (χ3n) is 4.56. The number of benzene rings is 2. The Morgan fingerprint density at radius 2 is 1.59 bits per heavy atom. The number of halogens is 1. The van der Waals surface area contributed by atoms with Gasteiger partial charge in [-0.05, 0) is 67.8 Å². The van der Waals surface area contributed by atoms with Gasteiger partial charge in [0.05, 0.1) is 0 Å². The first-order valence-electron chi connectivity index (χ1n) is 10.3. The van der Waals surface area contributed by atoms with Crippen LogP contribution in [-0.2, 0) is 16.0 Å². The molecule has 0 saturated carbocycles. The molecule has 0 unspecified atom stereocenters. The fourth-order valence-corrected chi connectivity index (χ4v) is 3.06. The molecule has 6 nitrogen and oxygen atoms in total. The van der Waals surface area contributed by atoms with Crippen molar-refractivity contribution in [1.82, 2.24) is 10.3 Å². The van der Waals surface area contributed by atoms with Crippen molar-refractivity contribution in [2.24, 2.45) is 0 Å². The van der Waals surface area contributed by atoms with E-state index in [-0.39, 0.29) is 6.42 Å². The highest BCUT2D eigenvalue weighted by molar-refractivity contribution is 5.97. The molecule has 1 heterocycles. The number of amides is 2. The lowest BCUT2D eigenvalue weighted by Gasteiger charge is -2.23. The van der Waals surface area contributed by atoms with E-state index in [1.54, 1.807) is 63.5 Å². The number of nitrogens with zero attached hydrogens (tertiary/aromatic N) is 1. The second-order valence-corrected chi connectivity index (χ2v) is 8.30. The number of ether oxygens (including phenoxy) is 1.